The maximum absolute atomic E-state index is 15.0. The second-order valence-corrected chi connectivity index (χ2v) is 18.2. The number of hydrogen-bond donors (Lipinski definition) is 1. The van der Waals surface area contributed by atoms with E-state index in [0.717, 1.165) is 32.6 Å². The van der Waals surface area contributed by atoms with E-state index in [-0.39, 0.29) is 18.2 Å². The van der Waals surface area contributed by atoms with Crippen molar-refractivity contribution in [2.45, 2.75) is 17.5 Å². The predicted octanol–water partition coefficient (Wildman–Crippen LogP) is 7.05. The summed E-state index contributed by atoms with van der Waals surface area (Å²) in [5.74, 6) is -0.343. The van der Waals surface area contributed by atoms with Gasteiger partial charge < -0.3 is 14.8 Å². The molecule has 0 aliphatic carbocycles. The molecule has 6 aromatic rings. The first-order chi connectivity index (χ1) is 27.5. The van der Waals surface area contributed by atoms with Crippen molar-refractivity contribution in [3.05, 3.63) is 204 Å². The van der Waals surface area contributed by atoms with Crippen molar-refractivity contribution in [1.29, 1.82) is 0 Å². The number of nitrogens with one attached hydrogen (secondary N) is 1. The van der Waals surface area contributed by atoms with E-state index in [4.69, 9.17) is 9.47 Å². The summed E-state index contributed by atoms with van der Waals surface area (Å²) in [6.07, 6.45) is -0.215. The van der Waals surface area contributed by atoms with Gasteiger partial charge in [0.15, 0.2) is 12.7 Å². The van der Waals surface area contributed by atoms with Crippen LogP contribution >= 0.6 is 19.0 Å². The highest BCUT2D eigenvalue weighted by Crippen LogP contribution is 2.58. The average Bonchev–Trinajstić information content (AvgIpc) is 3.27. The van der Waals surface area contributed by atoms with Crippen LogP contribution in [0.25, 0.3) is 0 Å². The predicted molar refractivity (Wildman–Crippen MR) is 225 cm³/mol. The van der Waals surface area contributed by atoms with Gasteiger partial charge in [0.05, 0.1) is 6.16 Å². The molecule has 278 valence electrons. The Hall–Kier alpha value is -5.95. The van der Waals surface area contributed by atoms with Crippen molar-refractivity contribution in [2.75, 3.05) is 18.5 Å². The molecular weight excluding hydrogens is 736 g/mol. The number of rotatable bonds is 13. The van der Waals surface area contributed by atoms with Crippen LogP contribution in [0.3, 0.4) is 0 Å². The fraction of sp³-hybridized carbons (Fsp3) is 0.128. The van der Waals surface area contributed by atoms with Crippen molar-refractivity contribution < 1.29 is 23.9 Å². The number of carbonyl (C=O) groups is 3. The van der Waals surface area contributed by atoms with Gasteiger partial charge in [-0.1, -0.05) is 133 Å². The Morgan fingerprint density at radius 2 is 1.11 bits per heavy atom. The number of fused-ring (bicyclic) bond motifs is 1. The minimum atomic E-state index is -2.47. The van der Waals surface area contributed by atoms with Gasteiger partial charge in [-0.2, -0.15) is 0 Å². The lowest BCUT2D eigenvalue weighted by Gasteiger charge is -2.50. The number of nitrogens with zero attached hydrogens (tertiary/aromatic N) is 1. The molecule has 7 nitrogen and oxygen atoms in total. The molecule has 2 aliphatic heterocycles. The standard InChI is InChI=1S/C47H39N2O5PS/c50-41(31-53-37-23-11-3-12-24-37)48-42-45(51)49-43(47(52)54-44(34-19-7-1-8-20-34)35-21-9-2-10-22-35)36(33-56-46(42)49)32-55(38-25-13-4-14-26-38,39-27-15-5-16-28-39)40-29-17-6-18-30-40/h1-30,42,44,46H,31-33H2/p+1/t42-,46-/m1/s1. The van der Waals surface area contributed by atoms with Crippen molar-refractivity contribution in [3.63, 3.8) is 0 Å². The van der Waals surface area contributed by atoms with Gasteiger partial charge in [-0.3, -0.25) is 14.5 Å². The second kappa shape index (κ2) is 16.8. The van der Waals surface area contributed by atoms with Gasteiger partial charge in [0.2, 0.25) is 0 Å². The molecule has 6 aromatic carbocycles. The molecule has 0 radical (unpaired) electrons. The van der Waals surface area contributed by atoms with Crippen LogP contribution in [0.15, 0.2) is 193 Å². The molecule has 1 fully saturated rings. The van der Waals surface area contributed by atoms with Crippen LogP contribution < -0.4 is 26.0 Å². The number of carbonyl (C=O) groups excluding carboxylic acids is 3. The SMILES string of the molecule is O=C(COc1ccccc1)N[C@@H]1C(=O)N2C(C(=O)OC(c3ccccc3)c3ccccc3)=C(C[P+](c3ccccc3)(c3ccccc3)c3ccccc3)CS[C@H]12. The van der Waals surface area contributed by atoms with Crippen molar-refractivity contribution in [3.8, 4) is 5.75 Å². The number of ether oxygens (including phenoxy) is 2. The molecule has 0 spiro atoms. The Balaban J connectivity index is 1.21. The zero-order chi connectivity index (χ0) is 38.3. The third-order valence-electron chi connectivity index (χ3n) is 10.1. The van der Waals surface area contributed by atoms with E-state index in [2.05, 4.69) is 78.1 Å². The molecule has 8 rings (SSSR count). The molecule has 2 amide bonds. The Morgan fingerprint density at radius 1 is 0.661 bits per heavy atom. The van der Waals surface area contributed by atoms with E-state index in [1.807, 2.05) is 97.1 Å². The first-order valence-corrected chi connectivity index (χ1v) is 21.5. The molecular formula is C47H40N2O5PS+. The van der Waals surface area contributed by atoms with E-state index in [0.29, 0.717) is 17.7 Å². The number of amides is 2. The van der Waals surface area contributed by atoms with Crippen LogP contribution in [0, 0.1) is 0 Å². The smallest absolute Gasteiger partial charge is 0.356 e. The summed E-state index contributed by atoms with van der Waals surface area (Å²) >= 11 is 1.55. The molecule has 0 aromatic heterocycles. The van der Waals surface area contributed by atoms with Gasteiger partial charge in [-0.15, -0.1) is 11.8 Å². The normalized spacial score (nSPS) is 16.4. The first kappa shape index (κ1) is 37.0. The van der Waals surface area contributed by atoms with E-state index < -0.39 is 36.7 Å². The van der Waals surface area contributed by atoms with Crippen LogP contribution in [-0.2, 0) is 19.1 Å². The van der Waals surface area contributed by atoms with E-state index in [1.165, 1.54) is 0 Å². The zero-order valence-electron chi connectivity index (χ0n) is 30.5. The highest BCUT2D eigenvalue weighted by Gasteiger charge is 2.57. The fourth-order valence-corrected chi connectivity index (χ4v) is 13.3. The molecule has 0 unspecified atom stereocenters. The lowest BCUT2D eigenvalue weighted by atomic mass is 10.0. The van der Waals surface area contributed by atoms with Gasteiger partial charge in [-0.25, -0.2) is 4.79 Å². The van der Waals surface area contributed by atoms with Gasteiger partial charge in [0.25, 0.3) is 11.8 Å². The topological polar surface area (TPSA) is 84.9 Å². The summed E-state index contributed by atoms with van der Waals surface area (Å²) < 4.78 is 12.2. The second-order valence-electron chi connectivity index (χ2n) is 13.6. The Bertz CT molecular complexity index is 2180. The highest BCUT2D eigenvalue weighted by molar-refractivity contribution is 8.00. The fourth-order valence-electron chi connectivity index (χ4n) is 7.48. The minimum absolute atomic E-state index is 0.241. The Kier molecular flexibility index (Phi) is 11.1. The Morgan fingerprint density at radius 3 is 1.59 bits per heavy atom. The first-order valence-electron chi connectivity index (χ1n) is 18.5. The van der Waals surface area contributed by atoms with Crippen LogP contribution in [0.5, 0.6) is 5.75 Å². The number of hydrogen-bond acceptors (Lipinski definition) is 6. The van der Waals surface area contributed by atoms with Crippen LogP contribution in [0.1, 0.15) is 17.2 Å². The number of β-lactam (4-membered cyclic amide) rings is 1. The molecule has 2 atom stereocenters. The molecule has 56 heavy (non-hydrogen) atoms. The molecule has 1 N–H and O–H groups in total. The Labute approximate surface area is 331 Å². The van der Waals surface area contributed by atoms with Gasteiger partial charge in [0, 0.05) is 11.3 Å². The molecule has 1 saturated heterocycles. The van der Waals surface area contributed by atoms with Gasteiger partial charge >= 0.3 is 5.97 Å². The van der Waals surface area contributed by atoms with Crippen LogP contribution in [-0.4, -0.2) is 52.6 Å². The largest absolute Gasteiger partial charge is 0.484 e. The summed E-state index contributed by atoms with van der Waals surface area (Å²) in [7, 11) is -2.47. The number of thioether (sulfide) groups is 1. The number of benzene rings is 6. The van der Waals surface area contributed by atoms with E-state index in [1.54, 1.807) is 28.8 Å². The van der Waals surface area contributed by atoms with E-state index in [9.17, 15) is 9.59 Å². The number of esters is 1. The maximum Gasteiger partial charge on any atom is 0.356 e. The summed E-state index contributed by atoms with van der Waals surface area (Å²) in [4.78, 5) is 44.0. The van der Waals surface area contributed by atoms with Crippen LogP contribution in [0.2, 0.25) is 0 Å². The summed E-state index contributed by atoms with van der Waals surface area (Å²) in [6, 6.07) is 58.9. The monoisotopic (exact) mass is 775 g/mol. The molecule has 0 bridgehead atoms. The van der Waals surface area contributed by atoms with Crippen molar-refractivity contribution in [2.24, 2.45) is 0 Å². The third-order valence-corrected chi connectivity index (χ3v) is 15.9. The molecule has 2 heterocycles. The van der Waals surface area contributed by atoms with Crippen molar-refractivity contribution in [1.82, 2.24) is 10.2 Å². The third kappa shape index (κ3) is 7.51. The molecule has 2 aliphatic rings. The van der Waals surface area contributed by atoms with Gasteiger partial charge in [-0.05, 0) is 59.7 Å². The van der Waals surface area contributed by atoms with E-state index >= 15 is 4.79 Å². The quantitative estimate of drug-likeness (QED) is 0.0770. The van der Waals surface area contributed by atoms with Crippen molar-refractivity contribution >= 4 is 52.7 Å². The number of para-hydroxylation sites is 1. The summed E-state index contributed by atoms with van der Waals surface area (Å²) in [5.41, 5.74) is 2.70. The lowest BCUT2D eigenvalue weighted by molar-refractivity contribution is -0.154. The van der Waals surface area contributed by atoms with Gasteiger partial charge in [0.1, 0.15) is 46.0 Å². The molecule has 9 heteroatoms. The molecule has 0 saturated carbocycles. The highest BCUT2D eigenvalue weighted by atomic mass is 32.2. The minimum Gasteiger partial charge on any atom is -0.484 e. The maximum atomic E-state index is 15.0. The van der Waals surface area contributed by atoms with Crippen LogP contribution in [0.4, 0.5) is 0 Å². The average molecular weight is 776 g/mol. The summed E-state index contributed by atoms with van der Waals surface area (Å²) in [5, 5.41) is 5.87. The zero-order valence-corrected chi connectivity index (χ0v) is 32.2. The summed E-state index contributed by atoms with van der Waals surface area (Å²) in [6.45, 7) is -0.241. The lowest BCUT2D eigenvalue weighted by Crippen LogP contribution is -2.71.